The van der Waals surface area contributed by atoms with Crippen LogP contribution in [0.2, 0.25) is 0 Å². The van der Waals surface area contributed by atoms with Gasteiger partial charge in [0, 0.05) is 16.2 Å². The monoisotopic (exact) mass is 269 g/mol. The van der Waals surface area contributed by atoms with Crippen LogP contribution in [-0.4, -0.2) is 18.1 Å². The van der Waals surface area contributed by atoms with Gasteiger partial charge >= 0.3 is 0 Å². The summed E-state index contributed by atoms with van der Waals surface area (Å²) in [5.41, 5.74) is 1.18. The lowest BCUT2D eigenvalue weighted by Crippen LogP contribution is -1.80. The van der Waals surface area contributed by atoms with E-state index >= 15 is 0 Å². The standard InChI is InChI=1S/C8H6BrN.C3H6O2/c9-7-2-1-6-3-4-10-8(6)5-7;1-2-5-3-4/h1-5,10H;3H,2H2,1H3. The topological polar surface area (TPSA) is 42.1 Å². The molecule has 1 aromatic heterocycles. The van der Waals surface area contributed by atoms with Crippen LogP contribution in [0, 0.1) is 0 Å². The Morgan fingerprint density at radius 3 is 2.87 bits per heavy atom. The fourth-order valence-electron chi connectivity index (χ4n) is 1.09. The number of hydrogen-bond donors (Lipinski definition) is 1. The minimum absolute atomic E-state index is 0.431. The summed E-state index contributed by atoms with van der Waals surface area (Å²) in [4.78, 5) is 12.3. The third-order valence-corrected chi connectivity index (χ3v) is 2.25. The predicted octanol–water partition coefficient (Wildman–Crippen LogP) is 3.11. The molecule has 0 aliphatic heterocycles. The van der Waals surface area contributed by atoms with Gasteiger partial charge in [-0.05, 0) is 30.5 Å². The fourth-order valence-corrected chi connectivity index (χ4v) is 1.45. The number of carbonyl (C=O) groups is 1. The van der Waals surface area contributed by atoms with Crippen LogP contribution in [0.5, 0.6) is 0 Å². The van der Waals surface area contributed by atoms with Gasteiger partial charge in [0.25, 0.3) is 6.47 Å². The molecule has 15 heavy (non-hydrogen) atoms. The Bertz CT molecular complexity index is 425. The number of carbonyl (C=O) groups excluding carboxylic acids is 1. The zero-order valence-corrected chi connectivity index (χ0v) is 9.95. The molecule has 0 spiro atoms. The van der Waals surface area contributed by atoms with Gasteiger partial charge in [0.2, 0.25) is 0 Å². The minimum atomic E-state index is 0.431. The predicted molar refractivity (Wildman–Crippen MR) is 63.7 cm³/mol. The second-order valence-corrected chi connectivity index (χ2v) is 3.68. The van der Waals surface area contributed by atoms with E-state index in [4.69, 9.17) is 0 Å². The van der Waals surface area contributed by atoms with Crippen molar-refractivity contribution in [3.05, 3.63) is 34.9 Å². The van der Waals surface area contributed by atoms with Crippen molar-refractivity contribution >= 4 is 33.3 Å². The van der Waals surface area contributed by atoms with E-state index in [2.05, 4.69) is 43.8 Å². The summed E-state index contributed by atoms with van der Waals surface area (Å²) in [6.07, 6.45) is 1.94. The molecule has 1 heterocycles. The first-order valence-corrected chi connectivity index (χ1v) is 5.35. The van der Waals surface area contributed by atoms with Crippen molar-refractivity contribution in [3.63, 3.8) is 0 Å². The maximum Gasteiger partial charge on any atom is 0.293 e. The van der Waals surface area contributed by atoms with Crippen molar-refractivity contribution < 1.29 is 9.53 Å². The van der Waals surface area contributed by atoms with E-state index in [9.17, 15) is 4.79 Å². The molecule has 80 valence electrons. The van der Waals surface area contributed by atoms with Gasteiger partial charge in [0.15, 0.2) is 0 Å². The summed E-state index contributed by atoms with van der Waals surface area (Å²) in [5.74, 6) is 0. The fraction of sp³-hybridized carbons (Fsp3) is 0.182. The summed E-state index contributed by atoms with van der Waals surface area (Å²) in [7, 11) is 0. The average Bonchev–Trinajstić information content (AvgIpc) is 2.67. The largest absolute Gasteiger partial charge is 0.468 e. The van der Waals surface area contributed by atoms with Crippen molar-refractivity contribution in [2.24, 2.45) is 0 Å². The van der Waals surface area contributed by atoms with Crippen LogP contribution in [0.1, 0.15) is 6.92 Å². The molecule has 2 aromatic rings. The van der Waals surface area contributed by atoms with Gasteiger partial charge in [0.1, 0.15) is 0 Å². The number of benzene rings is 1. The van der Waals surface area contributed by atoms with Gasteiger partial charge in [-0.25, -0.2) is 0 Å². The molecule has 0 amide bonds. The molecule has 0 saturated heterocycles. The third-order valence-electron chi connectivity index (χ3n) is 1.75. The number of ether oxygens (including phenoxy) is 1. The zero-order valence-electron chi connectivity index (χ0n) is 8.37. The molecule has 1 N–H and O–H groups in total. The molecule has 0 bridgehead atoms. The maximum absolute atomic E-state index is 9.18. The van der Waals surface area contributed by atoms with E-state index in [1.54, 1.807) is 6.92 Å². The Balaban J connectivity index is 0.000000195. The number of halogens is 1. The van der Waals surface area contributed by atoms with E-state index in [-0.39, 0.29) is 0 Å². The van der Waals surface area contributed by atoms with Gasteiger partial charge in [-0.2, -0.15) is 0 Å². The lowest BCUT2D eigenvalue weighted by atomic mass is 10.3. The van der Waals surface area contributed by atoms with Crippen LogP contribution >= 0.6 is 15.9 Å². The van der Waals surface area contributed by atoms with Crippen molar-refractivity contribution in [1.29, 1.82) is 0 Å². The number of aromatic amines is 1. The van der Waals surface area contributed by atoms with Crippen molar-refractivity contribution in [1.82, 2.24) is 4.98 Å². The molecular formula is C11H12BrNO2. The van der Waals surface area contributed by atoms with E-state index in [1.165, 1.54) is 10.9 Å². The molecule has 0 atom stereocenters. The summed E-state index contributed by atoms with van der Waals surface area (Å²) in [6.45, 7) is 2.66. The zero-order chi connectivity index (χ0) is 11.1. The molecule has 2 rings (SSSR count). The van der Waals surface area contributed by atoms with Crippen LogP contribution in [-0.2, 0) is 9.53 Å². The summed E-state index contributed by atoms with van der Waals surface area (Å²) >= 11 is 3.40. The Kier molecular flexibility index (Phi) is 4.90. The molecular weight excluding hydrogens is 258 g/mol. The Labute approximate surface area is 96.6 Å². The average molecular weight is 270 g/mol. The van der Waals surface area contributed by atoms with E-state index in [0.717, 1.165) is 4.47 Å². The number of fused-ring (bicyclic) bond motifs is 1. The van der Waals surface area contributed by atoms with E-state index < -0.39 is 0 Å². The lowest BCUT2D eigenvalue weighted by Gasteiger charge is -1.89. The van der Waals surface area contributed by atoms with Gasteiger partial charge in [-0.3, -0.25) is 4.79 Å². The second kappa shape index (κ2) is 6.24. The van der Waals surface area contributed by atoms with Crippen LogP contribution in [0.3, 0.4) is 0 Å². The third kappa shape index (κ3) is 3.75. The highest BCUT2D eigenvalue weighted by atomic mass is 79.9. The van der Waals surface area contributed by atoms with Crippen molar-refractivity contribution in [2.75, 3.05) is 6.61 Å². The molecule has 0 saturated carbocycles. The van der Waals surface area contributed by atoms with Crippen LogP contribution in [0.15, 0.2) is 34.9 Å². The van der Waals surface area contributed by atoms with Gasteiger partial charge < -0.3 is 9.72 Å². The minimum Gasteiger partial charge on any atom is -0.468 e. The van der Waals surface area contributed by atoms with Gasteiger partial charge in [-0.1, -0.05) is 22.0 Å². The van der Waals surface area contributed by atoms with Gasteiger partial charge in [-0.15, -0.1) is 0 Å². The van der Waals surface area contributed by atoms with E-state index in [1.807, 2.05) is 12.3 Å². The molecule has 0 aliphatic carbocycles. The molecule has 4 heteroatoms. The maximum atomic E-state index is 9.18. The highest BCUT2D eigenvalue weighted by Gasteiger charge is 1.92. The Hall–Kier alpha value is -1.29. The normalized spacial score (nSPS) is 9.20. The molecule has 0 unspecified atom stereocenters. The number of nitrogens with one attached hydrogen (secondary N) is 1. The number of aromatic nitrogens is 1. The number of H-pyrrole nitrogens is 1. The van der Waals surface area contributed by atoms with Gasteiger partial charge in [0.05, 0.1) is 6.61 Å². The summed E-state index contributed by atoms with van der Waals surface area (Å²) in [5, 5.41) is 1.25. The molecule has 0 radical (unpaired) electrons. The number of rotatable bonds is 2. The molecule has 0 fully saturated rings. The van der Waals surface area contributed by atoms with Crippen molar-refractivity contribution in [2.45, 2.75) is 6.92 Å². The lowest BCUT2D eigenvalue weighted by molar-refractivity contribution is -0.128. The van der Waals surface area contributed by atoms with E-state index in [0.29, 0.717) is 13.1 Å². The molecule has 3 nitrogen and oxygen atoms in total. The smallest absolute Gasteiger partial charge is 0.293 e. The van der Waals surface area contributed by atoms with Crippen LogP contribution in [0.25, 0.3) is 10.9 Å². The quantitative estimate of drug-likeness (QED) is 0.852. The first-order valence-electron chi connectivity index (χ1n) is 4.55. The molecule has 0 aliphatic rings. The molecule has 1 aromatic carbocycles. The highest BCUT2D eigenvalue weighted by molar-refractivity contribution is 9.10. The first-order chi connectivity index (χ1) is 7.27. The Morgan fingerprint density at radius 2 is 2.27 bits per heavy atom. The second-order valence-electron chi connectivity index (χ2n) is 2.76. The highest BCUT2D eigenvalue weighted by Crippen LogP contribution is 2.17. The van der Waals surface area contributed by atoms with Crippen molar-refractivity contribution in [3.8, 4) is 0 Å². The van der Waals surface area contributed by atoms with Crippen LogP contribution < -0.4 is 0 Å². The first kappa shape index (κ1) is 11.8. The number of hydrogen-bond acceptors (Lipinski definition) is 2. The SMILES string of the molecule is Brc1ccc2cc[nH]c2c1.CCOC=O. The Morgan fingerprint density at radius 1 is 1.47 bits per heavy atom. The summed E-state index contributed by atoms with van der Waals surface area (Å²) < 4.78 is 5.27. The van der Waals surface area contributed by atoms with Crippen LogP contribution in [0.4, 0.5) is 0 Å². The summed E-state index contributed by atoms with van der Waals surface area (Å²) in [6, 6.07) is 8.24.